The van der Waals surface area contributed by atoms with Crippen LogP contribution in [0.15, 0.2) is 12.1 Å². The van der Waals surface area contributed by atoms with E-state index in [4.69, 9.17) is 0 Å². The first-order valence-electron chi connectivity index (χ1n) is 4.85. The Bertz CT molecular complexity index is 300. The van der Waals surface area contributed by atoms with Gasteiger partial charge in [-0.2, -0.15) is 0 Å². The van der Waals surface area contributed by atoms with E-state index in [-0.39, 0.29) is 0 Å². The molecule has 0 aliphatic carbocycles. The Kier molecular flexibility index (Phi) is 2.97. The summed E-state index contributed by atoms with van der Waals surface area (Å²) >= 11 is 0. The van der Waals surface area contributed by atoms with Gasteiger partial charge < -0.3 is 5.32 Å². The Balaban J connectivity index is 3.29. The summed E-state index contributed by atoms with van der Waals surface area (Å²) < 4.78 is 0. The predicted octanol–water partition coefficient (Wildman–Crippen LogP) is 3.47. The molecule has 0 aromatic heterocycles. The Morgan fingerprint density at radius 3 is 2.23 bits per heavy atom. The van der Waals surface area contributed by atoms with Crippen molar-refractivity contribution in [1.29, 1.82) is 0 Å². The van der Waals surface area contributed by atoms with Gasteiger partial charge in [0.25, 0.3) is 0 Å². The molecule has 1 N–H and O–H groups in total. The van der Waals surface area contributed by atoms with E-state index in [1.807, 2.05) is 7.05 Å². The molecule has 1 heteroatoms. The molecule has 0 heterocycles. The number of aryl methyl sites for hydroxylation is 2. The van der Waals surface area contributed by atoms with Crippen LogP contribution < -0.4 is 5.32 Å². The third kappa shape index (κ3) is 2.03. The second-order valence-corrected chi connectivity index (χ2v) is 3.95. The molecular formula is C12H19N. The van der Waals surface area contributed by atoms with E-state index in [1.54, 1.807) is 0 Å². The molecule has 0 atom stereocenters. The van der Waals surface area contributed by atoms with Crippen molar-refractivity contribution >= 4 is 5.69 Å². The van der Waals surface area contributed by atoms with E-state index in [1.165, 1.54) is 22.4 Å². The fraction of sp³-hybridized carbons (Fsp3) is 0.500. The molecule has 0 aliphatic rings. The van der Waals surface area contributed by atoms with Gasteiger partial charge in [0.05, 0.1) is 0 Å². The molecule has 0 radical (unpaired) electrons. The summed E-state index contributed by atoms with van der Waals surface area (Å²) in [5.41, 5.74) is 5.40. The number of hydrogen-bond acceptors (Lipinski definition) is 1. The minimum absolute atomic E-state index is 0.584. The van der Waals surface area contributed by atoms with Gasteiger partial charge in [-0.1, -0.05) is 31.5 Å². The van der Waals surface area contributed by atoms with Gasteiger partial charge in [-0.3, -0.25) is 0 Å². The first kappa shape index (κ1) is 10.1. The number of anilines is 1. The first-order valence-corrected chi connectivity index (χ1v) is 4.85. The standard InChI is InChI=1S/C12H19N/c1-8(2)11-7-9(3)6-10(4)12(11)13-5/h6-8,13H,1-5H3. The van der Waals surface area contributed by atoms with Gasteiger partial charge in [0.15, 0.2) is 0 Å². The lowest BCUT2D eigenvalue weighted by atomic mass is 9.96. The van der Waals surface area contributed by atoms with Crippen LogP contribution in [0, 0.1) is 13.8 Å². The molecule has 0 fully saturated rings. The zero-order valence-electron chi connectivity index (χ0n) is 9.23. The lowest BCUT2D eigenvalue weighted by Crippen LogP contribution is -2.00. The Morgan fingerprint density at radius 2 is 1.77 bits per heavy atom. The van der Waals surface area contributed by atoms with Crippen molar-refractivity contribution in [2.75, 3.05) is 12.4 Å². The number of nitrogens with one attached hydrogen (secondary N) is 1. The topological polar surface area (TPSA) is 12.0 Å². The number of benzene rings is 1. The SMILES string of the molecule is CNc1c(C)cc(C)cc1C(C)C. The van der Waals surface area contributed by atoms with Crippen molar-refractivity contribution in [3.8, 4) is 0 Å². The summed E-state index contributed by atoms with van der Waals surface area (Å²) in [5.74, 6) is 0.584. The summed E-state index contributed by atoms with van der Waals surface area (Å²) in [6.07, 6.45) is 0. The monoisotopic (exact) mass is 177 g/mol. The molecule has 13 heavy (non-hydrogen) atoms. The molecule has 1 rings (SSSR count). The normalized spacial score (nSPS) is 10.6. The lowest BCUT2D eigenvalue weighted by Gasteiger charge is -2.16. The Hall–Kier alpha value is -0.980. The van der Waals surface area contributed by atoms with E-state index in [9.17, 15) is 0 Å². The van der Waals surface area contributed by atoms with Crippen LogP contribution in [-0.4, -0.2) is 7.05 Å². The molecule has 1 nitrogen and oxygen atoms in total. The molecule has 0 unspecified atom stereocenters. The zero-order valence-corrected chi connectivity index (χ0v) is 9.23. The van der Waals surface area contributed by atoms with E-state index in [0.29, 0.717) is 5.92 Å². The van der Waals surface area contributed by atoms with Gasteiger partial charge in [-0.05, 0) is 30.9 Å². The average molecular weight is 177 g/mol. The molecular weight excluding hydrogens is 158 g/mol. The minimum atomic E-state index is 0.584. The van der Waals surface area contributed by atoms with Crippen molar-refractivity contribution in [1.82, 2.24) is 0 Å². The van der Waals surface area contributed by atoms with Crippen LogP contribution in [0.4, 0.5) is 5.69 Å². The van der Waals surface area contributed by atoms with Crippen LogP contribution in [0.1, 0.15) is 36.5 Å². The summed E-state index contributed by atoms with van der Waals surface area (Å²) in [4.78, 5) is 0. The van der Waals surface area contributed by atoms with Crippen molar-refractivity contribution < 1.29 is 0 Å². The zero-order chi connectivity index (χ0) is 10.0. The van der Waals surface area contributed by atoms with Crippen molar-refractivity contribution in [2.45, 2.75) is 33.6 Å². The van der Waals surface area contributed by atoms with Crippen molar-refractivity contribution in [2.24, 2.45) is 0 Å². The molecule has 0 aliphatic heterocycles. The highest BCUT2D eigenvalue weighted by atomic mass is 14.8. The summed E-state index contributed by atoms with van der Waals surface area (Å²) in [5, 5.41) is 3.27. The third-order valence-corrected chi connectivity index (χ3v) is 2.38. The highest BCUT2D eigenvalue weighted by Crippen LogP contribution is 2.28. The van der Waals surface area contributed by atoms with Crippen LogP contribution in [-0.2, 0) is 0 Å². The maximum atomic E-state index is 3.27. The third-order valence-electron chi connectivity index (χ3n) is 2.38. The van der Waals surface area contributed by atoms with Gasteiger partial charge in [-0.15, -0.1) is 0 Å². The Morgan fingerprint density at radius 1 is 1.15 bits per heavy atom. The molecule has 0 bridgehead atoms. The van der Waals surface area contributed by atoms with Gasteiger partial charge >= 0.3 is 0 Å². The quantitative estimate of drug-likeness (QED) is 0.729. The molecule has 1 aromatic carbocycles. The molecule has 72 valence electrons. The molecule has 1 aromatic rings. The summed E-state index contributed by atoms with van der Waals surface area (Å²) in [6, 6.07) is 4.49. The summed E-state index contributed by atoms with van der Waals surface area (Å²) in [6.45, 7) is 8.77. The molecule has 0 saturated heterocycles. The van der Waals surface area contributed by atoms with E-state index in [2.05, 4.69) is 45.1 Å². The van der Waals surface area contributed by atoms with Gasteiger partial charge in [0, 0.05) is 12.7 Å². The summed E-state index contributed by atoms with van der Waals surface area (Å²) in [7, 11) is 1.99. The number of rotatable bonds is 2. The van der Waals surface area contributed by atoms with Crippen molar-refractivity contribution in [3.63, 3.8) is 0 Å². The fourth-order valence-corrected chi connectivity index (χ4v) is 1.80. The lowest BCUT2D eigenvalue weighted by molar-refractivity contribution is 0.864. The van der Waals surface area contributed by atoms with Crippen LogP contribution in [0.2, 0.25) is 0 Å². The van der Waals surface area contributed by atoms with Gasteiger partial charge in [0.1, 0.15) is 0 Å². The van der Waals surface area contributed by atoms with Gasteiger partial charge in [-0.25, -0.2) is 0 Å². The maximum Gasteiger partial charge on any atom is 0.0402 e. The van der Waals surface area contributed by atoms with E-state index in [0.717, 1.165) is 0 Å². The number of hydrogen-bond donors (Lipinski definition) is 1. The van der Waals surface area contributed by atoms with Gasteiger partial charge in [0.2, 0.25) is 0 Å². The highest BCUT2D eigenvalue weighted by Gasteiger charge is 2.08. The first-order chi connectivity index (χ1) is 6.06. The van der Waals surface area contributed by atoms with E-state index >= 15 is 0 Å². The van der Waals surface area contributed by atoms with Crippen LogP contribution in [0.25, 0.3) is 0 Å². The average Bonchev–Trinajstić information content (AvgIpc) is 2.02. The molecule has 0 saturated carbocycles. The van der Waals surface area contributed by atoms with Crippen LogP contribution >= 0.6 is 0 Å². The molecule has 0 spiro atoms. The smallest absolute Gasteiger partial charge is 0.0402 e. The Labute approximate surface area is 81.2 Å². The van der Waals surface area contributed by atoms with Crippen LogP contribution in [0.5, 0.6) is 0 Å². The maximum absolute atomic E-state index is 3.27. The minimum Gasteiger partial charge on any atom is -0.388 e. The van der Waals surface area contributed by atoms with Crippen molar-refractivity contribution in [3.05, 3.63) is 28.8 Å². The second-order valence-electron chi connectivity index (χ2n) is 3.95. The van der Waals surface area contributed by atoms with Crippen LogP contribution in [0.3, 0.4) is 0 Å². The predicted molar refractivity (Wildman–Crippen MR) is 59.6 cm³/mol. The largest absolute Gasteiger partial charge is 0.388 e. The molecule has 0 amide bonds. The fourth-order valence-electron chi connectivity index (χ4n) is 1.80. The highest BCUT2D eigenvalue weighted by molar-refractivity contribution is 5.59. The van der Waals surface area contributed by atoms with E-state index < -0.39 is 0 Å². The second kappa shape index (κ2) is 3.82.